The Kier molecular flexibility index (Phi) is 6.55. The molecule has 1 heterocycles. The second kappa shape index (κ2) is 8.43. The Bertz CT molecular complexity index is 355. The molecule has 0 spiro atoms. The molecule has 1 aromatic rings. The number of hydrogen-bond acceptors (Lipinski definition) is 2. The SMILES string of the molecule is CCNCC1CCN(C(CC)Cc2ccccc2)CC1. The van der Waals surface area contributed by atoms with E-state index >= 15 is 0 Å². The van der Waals surface area contributed by atoms with Gasteiger partial charge in [0, 0.05) is 6.04 Å². The van der Waals surface area contributed by atoms with Crippen molar-refractivity contribution >= 4 is 0 Å². The zero-order chi connectivity index (χ0) is 14.2. The molecule has 112 valence electrons. The van der Waals surface area contributed by atoms with Gasteiger partial charge in [0.15, 0.2) is 0 Å². The molecule has 0 radical (unpaired) electrons. The first kappa shape index (κ1) is 15.5. The van der Waals surface area contributed by atoms with Crippen LogP contribution in [0.15, 0.2) is 30.3 Å². The molecule has 1 unspecified atom stereocenters. The summed E-state index contributed by atoms with van der Waals surface area (Å²) < 4.78 is 0. The molecule has 1 fully saturated rings. The van der Waals surface area contributed by atoms with E-state index in [2.05, 4.69) is 54.4 Å². The van der Waals surface area contributed by atoms with E-state index in [1.165, 1.54) is 50.9 Å². The third-order valence-electron chi connectivity index (χ3n) is 4.63. The van der Waals surface area contributed by atoms with Gasteiger partial charge in [-0.15, -0.1) is 0 Å². The molecule has 2 rings (SSSR count). The van der Waals surface area contributed by atoms with Crippen LogP contribution >= 0.6 is 0 Å². The Morgan fingerprint density at radius 2 is 1.85 bits per heavy atom. The maximum Gasteiger partial charge on any atom is 0.0133 e. The highest BCUT2D eigenvalue weighted by molar-refractivity contribution is 5.16. The third-order valence-corrected chi connectivity index (χ3v) is 4.63. The van der Waals surface area contributed by atoms with Gasteiger partial charge in [0.2, 0.25) is 0 Å². The highest BCUT2D eigenvalue weighted by Crippen LogP contribution is 2.21. The van der Waals surface area contributed by atoms with E-state index in [-0.39, 0.29) is 0 Å². The lowest BCUT2D eigenvalue weighted by molar-refractivity contribution is 0.127. The van der Waals surface area contributed by atoms with Crippen LogP contribution < -0.4 is 5.32 Å². The second-order valence-electron chi connectivity index (χ2n) is 6.04. The lowest BCUT2D eigenvalue weighted by Crippen LogP contribution is -2.43. The number of nitrogens with one attached hydrogen (secondary N) is 1. The lowest BCUT2D eigenvalue weighted by atomic mass is 9.93. The number of benzene rings is 1. The molecule has 1 N–H and O–H groups in total. The Morgan fingerprint density at radius 1 is 1.15 bits per heavy atom. The van der Waals surface area contributed by atoms with E-state index in [9.17, 15) is 0 Å². The normalized spacial score (nSPS) is 19.1. The fraction of sp³-hybridized carbons (Fsp3) is 0.667. The first-order valence-electron chi connectivity index (χ1n) is 8.32. The van der Waals surface area contributed by atoms with Gasteiger partial charge < -0.3 is 10.2 Å². The number of nitrogens with zero attached hydrogens (tertiary/aromatic N) is 1. The van der Waals surface area contributed by atoms with Gasteiger partial charge in [-0.3, -0.25) is 0 Å². The summed E-state index contributed by atoms with van der Waals surface area (Å²) in [6.45, 7) is 9.40. The lowest BCUT2D eigenvalue weighted by Gasteiger charge is -2.37. The fourth-order valence-corrected chi connectivity index (χ4v) is 3.29. The summed E-state index contributed by atoms with van der Waals surface area (Å²) >= 11 is 0. The zero-order valence-electron chi connectivity index (χ0n) is 13.1. The molecule has 1 aliphatic rings. The first-order valence-corrected chi connectivity index (χ1v) is 8.32. The van der Waals surface area contributed by atoms with Gasteiger partial charge in [0.1, 0.15) is 0 Å². The molecular formula is C18H30N2. The van der Waals surface area contributed by atoms with Crippen LogP contribution in [0, 0.1) is 5.92 Å². The summed E-state index contributed by atoms with van der Waals surface area (Å²) in [6, 6.07) is 11.7. The van der Waals surface area contributed by atoms with Gasteiger partial charge in [-0.1, -0.05) is 44.2 Å². The van der Waals surface area contributed by atoms with E-state index < -0.39 is 0 Å². The number of rotatable bonds is 7. The first-order chi connectivity index (χ1) is 9.83. The summed E-state index contributed by atoms with van der Waals surface area (Å²) in [6.07, 6.45) is 5.18. The van der Waals surface area contributed by atoms with Crippen molar-refractivity contribution in [3.63, 3.8) is 0 Å². The van der Waals surface area contributed by atoms with Crippen molar-refractivity contribution in [2.45, 2.75) is 45.6 Å². The van der Waals surface area contributed by atoms with E-state index in [0.717, 1.165) is 18.5 Å². The largest absolute Gasteiger partial charge is 0.317 e. The monoisotopic (exact) mass is 274 g/mol. The zero-order valence-corrected chi connectivity index (χ0v) is 13.1. The van der Waals surface area contributed by atoms with E-state index in [1.54, 1.807) is 0 Å². The number of hydrogen-bond donors (Lipinski definition) is 1. The van der Waals surface area contributed by atoms with Gasteiger partial charge in [-0.25, -0.2) is 0 Å². The molecule has 0 aromatic heterocycles. The summed E-state index contributed by atoms with van der Waals surface area (Å²) in [5, 5.41) is 3.50. The smallest absolute Gasteiger partial charge is 0.0133 e. The van der Waals surface area contributed by atoms with E-state index in [4.69, 9.17) is 0 Å². The topological polar surface area (TPSA) is 15.3 Å². The Balaban J connectivity index is 1.81. The Hall–Kier alpha value is -0.860. The fourth-order valence-electron chi connectivity index (χ4n) is 3.29. The minimum absolute atomic E-state index is 0.720. The number of likely N-dealkylation sites (tertiary alicyclic amines) is 1. The van der Waals surface area contributed by atoms with Crippen LogP contribution in [0.1, 0.15) is 38.7 Å². The summed E-state index contributed by atoms with van der Waals surface area (Å²) in [4.78, 5) is 2.72. The maximum absolute atomic E-state index is 3.50. The molecule has 1 atom stereocenters. The van der Waals surface area contributed by atoms with Crippen molar-refractivity contribution in [3.05, 3.63) is 35.9 Å². The summed E-state index contributed by atoms with van der Waals surface area (Å²) in [7, 11) is 0. The van der Waals surface area contributed by atoms with Crippen molar-refractivity contribution in [1.82, 2.24) is 10.2 Å². The molecule has 2 nitrogen and oxygen atoms in total. The predicted molar refractivity (Wildman–Crippen MR) is 87.1 cm³/mol. The molecule has 0 amide bonds. The van der Waals surface area contributed by atoms with Gasteiger partial charge in [-0.2, -0.15) is 0 Å². The highest BCUT2D eigenvalue weighted by atomic mass is 15.2. The standard InChI is InChI=1S/C18H30N2/c1-3-18(14-16-8-6-5-7-9-16)20-12-10-17(11-13-20)15-19-4-2/h5-9,17-19H,3-4,10-15H2,1-2H3. The second-order valence-corrected chi connectivity index (χ2v) is 6.04. The van der Waals surface area contributed by atoms with Crippen LogP contribution in [-0.2, 0) is 6.42 Å². The molecule has 20 heavy (non-hydrogen) atoms. The minimum atomic E-state index is 0.720. The molecule has 1 aromatic carbocycles. The van der Waals surface area contributed by atoms with Crippen LogP contribution in [0.25, 0.3) is 0 Å². The van der Waals surface area contributed by atoms with E-state index in [0.29, 0.717) is 0 Å². The minimum Gasteiger partial charge on any atom is -0.317 e. The molecule has 2 heteroatoms. The average Bonchev–Trinajstić information content (AvgIpc) is 2.52. The van der Waals surface area contributed by atoms with Crippen LogP contribution in [-0.4, -0.2) is 37.1 Å². The Labute approximate surface area is 124 Å². The van der Waals surface area contributed by atoms with E-state index in [1.807, 2.05) is 0 Å². The molecule has 0 saturated carbocycles. The number of piperidine rings is 1. The van der Waals surface area contributed by atoms with Crippen molar-refractivity contribution in [2.24, 2.45) is 5.92 Å². The van der Waals surface area contributed by atoms with Crippen LogP contribution in [0.4, 0.5) is 0 Å². The van der Waals surface area contributed by atoms with Gasteiger partial charge in [-0.05, 0) is 63.3 Å². The average molecular weight is 274 g/mol. The van der Waals surface area contributed by atoms with Gasteiger partial charge in [0.05, 0.1) is 0 Å². The van der Waals surface area contributed by atoms with Crippen molar-refractivity contribution in [3.8, 4) is 0 Å². The molecule has 1 saturated heterocycles. The third kappa shape index (κ3) is 4.60. The van der Waals surface area contributed by atoms with Crippen molar-refractivity contribution in [2.75, 3.05) is 26.2 Å². The van der Waals surface area contributed by atoms with Gasteiger partial charge >= 0.3 is 0 Å². The molecule has 1 aliphatic heterocycles. The molecule has 0 bridgehead atoms. The molecular weight excluding hydrogens is 244 g/mol. The highest BCUT2D eigenvalue weighted by Gasteiger charge is 2.23. The summed E-state index contributed by atoms with van der Waals surface area (Å²) in [5.74, 6) is 0.889. The quantitative estimate of drug-likeness (QED) is 0.820. The molecule has 0 aliphatic carbocycles. The predicted octanol–water partition coefficient (Wildman–Crippen LogP) is 3.33. The van der Waals surface area contributed by atoms with Crippen molar-refractivity contribution < 1.29 is 0 Å². The summed E-state index contributed by atoms with van der Waals surface area (Å²) in [5.41, 5.74) is 1.48. The Morgan fingerprint density at radius 3 is 2.45 bits per heavy atom. The van der Waals surface area contributed by atoms with Crippen molar-refractivity contribution in [1.29, 1.82) is 0 Å². The van der Waals surface area contributed by atoms with Crippen LogP contribution in [0.2, 0.25) is 0 Å². The maximum atomic E-state index is 3.50. The van der Waals surface area contributed by atoms with Gasteiger partial charge in [0.25, 0.3) is 0 Å². The van der Waals surface area contributed by atoms with Crippen LogP contribution in [0.3, 0.4) is 0 Å². The van der Waals surface area contributed by atoms with Crippen LogP contribution in [0.5, 0.6) is 0 Å².